The van der Waals surface area contributed by atoms with Gasteiger partial charge in [0.15, 0.2) is 6.04 Å². The van der Waals surface area contributed by atoms with Crippen molar-refractivity contribution in [1.29, 1.82) is 0 Å². The van der Waals surface area contributed by atoms with Crippen molar-refractivity contribution >= 4 is 23.6 Å². The Balaban J connectivity index is 1.76. The summed E-state index contributed by atoms with van der Waals surface area (Å²) in [5.74, 6) is -1.05. The molecular weight excluding hydrogens is 319 g/mol. The van der Waals surface area contributed by atoms with Gasteiger partial charge in [0.1, 0.15) is 5.82 Å². The second-order valence-electron chi connectivity index (χ2n) is 6.16. The molecule has 1 atom stereocenters. The van der Waals surface area contributed by atoms with Crippen LogP contribution in [0.25, 0.3) is 6.08 Å². The van der Waals surface area contributed by atoms with Crippen molar-refractivity contribution in [2.24, 2.45) is 4.99 Å². The monoisotopic (exact) mass is 334 g/mol. The summed E-state index contributed by atoms with van der Waals surface area (Å²) >= 11 is 0. The highest BCUT2D eigenvalue weighted by molar-refractivity contribution is 6.21. The molecule has 1 saturated heterocycles. The number of rotatable bonds is 2. The van der Waals surface area contributed by atoms with Gasteiger partial charge in [0.25, 0.3) is 11.8 Å². The van der Waals surface area contributed by atoms with Crippen molar-refractivity contribution < 1.29 is 14.0 Å². The van der Waals surface area contributed by atoms with Gasteiger partial charge < -0.3 is 0 Å². The van der Waals surface area contributed by atoms with Crippen LogP contribution in [0, 0.1) is 5.82 Å². The Kier molecular flexibility index (Phi) is 3.57. The number of hydrogen-bond acceptors (Lipinski definition) is 3. The minimum absolute atomic E-state index is 0.219. The number of fused-ring (bicyclic) bond motifs is 2. The number of carbonyl (C=O) groups is 2. The van der Waals surface area contributed by atoms with Crippen molar-refractivity contribution in [3.05, 3.63) is 76.6 Å². The standard InChI is InChI=1S/C20H15FN2O2/c1-12-16-10-15(21)8-7-14(16)9-17-18(22-12)20(25)23(19(17)24)11-13-5-3-2-4-6-13/h2-10,18H,11H2,1H3. The van der Waals surface area contributed by atoms with Crippen molar-refractivity contribution in [3.63, 3.8) is 0 Å². The molecule has 0 saturated carbocycles. The van der Waals surface area contributed by atoms with Crippen LogP contribution in [-0.2, 0) is 16.1 Å². The lowest BCUT2D eigenvalue weighted by molar-refractivity contribution is -0.138. The third-order valence-corrected chi connectivity index (χ3v) is 4.51. The number of likely N-dealkylation sites (tertiary alicyclic amines) is 1. The van der Waals surface area contributed by atoms with E-state index in [0.29, 0.717) is 22.4 Å². The summed E-state index contributed by atoms with van der Waals surface area (Å²) in [5, 5.41) is 0. The molecule has 0 aliphatic carbocycles. The van der Waals surface area contributed by atoms with E-state index in [1.807, 2.05) is 30.3 Å². The van der Waals surface area contributed by atoms with Crippen LogP contribution in [0.1, 0.15) is 23.6 Å². The largest absolute Gasteiger partial charge is 0.272 e. The van der Waals surface area contributed by atoms with Crippen LogP contribution in [0.2, 0.25) is 0 Å². The van der Waals surface area contributed by atoms with E-state index in [4.69, 9.17) is 0 Å². The molecule has 0 spiro atoms. The molecule has 2 amide bonds. The van der Waals surface area contributed by atoms with Crippen LogP contribution in [0.3, 0.4) is 0 Å². The number of benzene rings is 2. The first-order valence-electron chi connectivity index (χ1n) is 8.00. The summed E-state index contributed by atoms with van der Waals surface area (Å²) in [6.07, 6.45) is 1.66. The van der Waals surface area contributed by atoms with E-state index < -0.39 is 6.04 Å². The number of imide groups is 1. The molecule has 1 unspecified atom stereocenters. The molecule has 5 heteroatoms. The summed E-state index contributed by atoms with van der Waals surface area (Å²) < 4.78 is 13.5. The minimum Gasteiger partial charge on any atom is -0.272 e. The molecule has 2 aromatic carbocycles. The van der Waals surface area contributed by atoms with Crippen LogP contribution in [0.4, 0.5) is 4.39 Å². The molecule has 4 rings (SSSR count). The molecule has 0 N–H and O–H groups in total. The summed E-state index contributed by atoms with van der Waals surface area (Å²) in [6.45, 7) is 1.95. The van der Waals surface area contributed by atoms with E-state index in [2.05, 4.69) is 4.99 Å². The molecule has 1 fully saturated rings. The van der Waals surface area contributed by atoms with Crippen LogP contribution in [-0.4, -0.2) is 28.5 Å². The Morgan fingerprint density at radius 2 is 1.88 bits per heavy atom. The Morgan fingerprint density at radius 3 is 2.64 bits per heavy atom. The highest BCUT2D eigenvalue weighted by Crippen LogP contribution is 2.30. The van der Waals surface area contributed by atoms with Gasteiger partial charge in [-0.25, -0.2) is 4.39 Å². The molecule has 0 aromatic heterocycles. The summed E-state index contributed by atoms with van der Waals surface area (Å²) in [6, 6.07) is 12.8. The zero-order valence-corrected chi connectivity index (χ0v) is 13.6. The smallest absolute Gasteiger partial charge is 0.259 e. The van der Waals surface area contributed by atoms with E-state index in [0.717, 1.165) is 5.56 Å². The molecule has 2 heterocycles. The summed E-state index contributed by atoms with van der Waals surface area (Å²) in [5.41, 5.74) is 3.07. The Labute approximate surface area is 144 Å². The van der Waals surface area contributed by atoms with E-state index in [1.165, 1.54) is 17.0 Å². The van der Waals surface area contributed by atoms with E-state index >= 15 is 0 Å². The highest BCUT2D eigenvalue weighted by atomic mass is 19.1. The number of amides is 2. The van der Waals surface area contributed by atoms with Crippen molar-refractivity contribution in [1.82, 2.24) is 4.90 Å². The number of halogens is 1. The fourth-order valence-electron chi connectivity index (χ4n) is 3.23. The first-order chi connectivity index (χ1) is 12.0. The average molecular weight is 334 g/mol. The number of nitrogens with zero attached hydrogens (tertiary/aromatic N) is 2. The molecular formula is C20H15FN2O2. The molecule has 124 valence electrons. The minimum atomic E-state index is -0.855. The van der Waals surface area contributed by atoms with E-state index in [1.54, 1.807) is 19.1 Å². The third-order valence-electron chi connectivity index (χ3n) is 4.51. The van der Waals surface area contributed by atoms with Crippen molar-refractivity contribution in [3.8, 4) is 0 Å². The molecule has 2 aliphatic rings. The van der Waals surface area contributed by atoms with Gasteiger partial charge in [0, 0.05) is 11.3 Å². The van der Waals surface area contributed by atoms with Crippen molar-refractivity contribution in [2.45, 2.75) is 19.5 Å². The Hall–Kier alpha value is -3.08. The van der Waals surface area contributed by atoms with Crippen LogP contribution < -0.4 is 0 Å². The maximum atomic E-state index is 13.5. The number of aliphatic imine (C=N–C) groups is 1. The first kappa shape index (κ1) is 15.4. The second kappa shape index (κ2) is 5.77. The fourth-order valence-corrected chi connectivity index (χ4v) is 3.23. The van der Waals surface area contributed by atoms with Crippen molar-refractivity contribution in [2.75, 3.05) is 0 Å². The Bertz CT molecular complexity index is 947. The van der Waals surface area contributed by atoms with Crippen LogP contribution in [0.5, 0.6) is 0 Å². The molecule has 0 bridgehead atoms. The van der Waals surface area contributed by atoms with Gasteiger partial charge in [0.2, 0.25) is 0 Å². The lowest BCUT2D eigenvalue weighted by atomic mass is 10.0. The predicted molar refractivity (Wildman–Crippen MR) is 92.4 cm³/mol. The van der Waals surface area contributed by atoms with E-state index in [9.17, 15) is 14.0 Å². The summed E-state index contributed by atoms with van der Waals surface area (Å²) in [4.78, 5) is 31.2. The maximum Gasteiger partial charge on any atom is 0.259 e. The number of hydrogen-bond donors (Lipinski definition) is 0. The van der Waals surface area contributed by atoms with Gasteiger partial charge >= 0.3 is 0 Å². The first-order valence-corrected chi connectivity index (χ1v) is 8.00. The van der Waals surface area contributed by atoms with Gasteiger partial charge in [-0.2, -0.15) is 0 Å². The van der Waals surface area contributed by atoms with Gasteiger partial charge in [-0.15, -0.1) is 0 Å². The average Bonchev–Trinajstić information content (AvgIpc) is 2.75. The molecule has 0 radical (unpaired) electrons. The fraction of sp³-hybridized carbons (Fsp3) is 0.150. The molecule has 25 heavy (non-hydrogen) atoms. The summed E-state index contributed by atoms with van der Waals surface area (Å²) in [7, 11) is 0. The van der Waals surface area contributed by atoms with Gasteiger partial charge in [-0.05, 0) is 36.3 Å². The zero-order chi connectivity index (χ0) is 17.6. The predicted octanol–water partition coefficient (Wildman–Crippen LogP) is 2.97. The van der Waals surface area contributed by atoms with Crippen LogP contribution in [0.15, 0.2) is 59.1 Å². The zero-order valence-electron chi connectivity index (χ0n) is 13.6. The van der Waals surface area contributed by atoms with Gasteiger partial charge in [-0.3, -0.25) is 19.5 Å². The van der Waals surface area contributed by atoms with Gasteiger partial charge in [0.05, 0.1) is 12.1 Å². The quantitative estimate of drug-likeness (QED) is 0.793. The lowest BCUT2D eigenvalue weighted by Gasteiger charge is -2.14. The molecule has 4 nitrogen and oxygen atoms in total. The highest BCUT2D eigenvalue weighted by Gasteiger charge is 2.44. The van der Waals surface area contributed by atoms with E-state index in [-0.39, 0.29) is 24.2 Å². The normalized spacial score (nSPS) is 19.1. The SMILES string of the molecule is CC1=NC2C(=O)N(Cc3ccccc3)C(=O)C2=Cc2ccc(F)cc21. The Morgan fingerprint density at radius 1 is 1.12 bits per heavy atom. The lowest BCUT2D eigenvalue weighted by Crippen LogP contribution is -2.31. The molecule has 2 aliphatic heterocycles. The third kappa shape index (κ3) is 2.58. The molecule has 2 aromatic rings. The second-order valence-corrected chi connectivity index (χ2v) is 6.16. The number of carbonyl (C=O) groups excluding carboxylic acids is 2. The topological polar surface area (TPSA) is 49.7 Å². The van der Waals surface area contributed by atoms with Crippen LogP contribution >= 0.6 is 0 Å². The maximum absolute atomic E-state index is 13.5. The van der Waals surface area contributed by atoms with Gasteiger partial charge in [-0.1, -0.05) is 36.4 Å².